The molecule has 0 saturated heterocycles. The highest BCUT2D eigenvalue weighted by molar-refractivity contribution is 5.76. The van der Waals surface area contributed by atoms with Crippen molar-refractivity contribution in [2.75, 3.05) is 0 Å². The molecule has 102 valence electrons. The number of fused-ring (bicyclic) bond motifs is 1. The zero-order valence-corrected chi connectivity index (χ0v) is 11.4. The van der Waals surface area contributed by atoms with Gasteiger partial charge in [0.25, 0.3) is 0 Å². The molecule has 0 aliphatic carbocycles. The molecule has 4 nitrogen and oxygen atoms in total. The van der Waals surface area contributed by atoms with Gasteiger partial charge in [0, 0.05) is 24.6 Å². The second kappa shape index (κ2) is 4.56. The molecule has 1 aromatic heterocycles. The fourth-order valence-corrected chi connectivity index (χ4v) is 2.59. The van der Waals surface area contributed by atoms with Crippen molar-refractivity contribution in [3.63, 3.8) is 0 Å². The van der Waals surface area contributed by atoms with Gasteiger partial charge in [-0.1, -0.05) is 25.1 Å². The van der Waals surface area contributed by atoms with E-state index in [0.29, 0.717) is 0 Å². The van der Waals surface area contributed by atoms with E-state index in [0.717, 1.165) is 22.4 Å². The van der Waals surface area contributed by atoms with Gasteiger partial charge in [-0.2, -0.15) is 0 Å². The van der Waals surface area contributed by atoms with Gasteiger partial charge in [0.2, 0.25) is 0 Å². The number of para-hydroxylation sites is 2. The van der Waals surface area contributed by atoms with Gasteiger partial charge in [0.05, 0.1) is 11.0 Å². The average molecular weight is 268 g/mol. The number of phenols is 2. The maximum Gasteiger partial charge on any atom is 0.123 e. The van der Waals surface area contributed by atoms with Gasteiger partial charge < -0.3 is 14.8 Å². The molecule has 4 heteroatoms. The molecule has 3 aromatic rings. The minimum absolute atomic E-state index is 0.0588. The lowest BCUT2D eigenvalue weighted by molar-refractivity contribution is 0.444. The van der Waals surface area contributed by atoms with Crippen molar-refractivity contribution in [2.24, 2.45) is 7.05 Å². The van der Waals surface area contributed by atoms with Crippen LogP contribution < -0.4 is 0 Å². The zero-order chi connectivity index (χ0) is 14.3. The van der Waals surface area contributed by atoms with Gasteiger partial charge in [-0.05, 0) is 18.2 Å². The summed E-state index contributed by atoms with van der Waals surface area (Å²) in [5, 5.41) is 19.4. The number of imidazole rings is 1. The van der Waals surface area contributed by atoms with Crippen LogP contribution in [0, 0.1) is 0 Å². The summed E-state index contributed by atoms with van der Waals surface area (Å²) in [7, 11) is 1.97. The number of phenolic OH excluding ortho intramolecular Hbond substituents is 2. The number of nitrogens with zero attached hydrogens (tertiary/aromatic N) is 2. The lowest BCUT2D eigenvalue weighted by Gasteiger charge is -2.13. The lowest BCUT2D eigenvalue weighted by Crippen LogP contribution is -2.04. The first-order chi connectivity index (χ1) is 9.58. The molecule has 0 bridgehead atoms. The van der Waals surface area contributed by atoms with E-state index in [1.165, 1.54) is 6.07 Å². The summed E-state index contributed by atoms with van der Waals surface area (Å²) >= 11 is 0. The average Bonchev–Trinajstić information content (AvgIpc) is 2.76. The molecule has 3 rings (SSSR count). The minimum atomic E-state index is -0.0620. The van der Waals surface area contributed by atoms with Gasteiger partial charge in [0.15, 0.2) is 0 Å². The SMILES string of the molecule is CC(c1ccc(O)cc1O)c1nc2ccccc2n1C. The lowest BCUT2D eigenvalue weighted by atomic mass is 9.99. The highest BCUT2D eigenvalue weighted by Crippen LogP contribution is 2.33. The fourth-order valence-electron chi connectivity index (χ4n) is 2.59. The molecule has 2 N–H and O–H groups in total. The monoisotopic (exact) mass is 268 g/mol. The van der Waals surface area contributed by atoms with Crippen LogP contribution in [0.3, 0.4) is 0 Å². The Morgan fingerprint density at radius 1 is 1.10 bits per heavy atom. The van der Waals surface area contributed by atoms with Gasteiger partial charge in [-0.3, -0.25) is 0 Å². The molecular weight excluding hydrogens is 252 g/mol. The molecule has 1 unspecified atom stereocenters. The second-order valence-electron chi connectivity index (χ2n) is 4.98. The highest BCUT2D eigenvalue weighted by atomic mass is 16.3. The Kier molecular flexibility index (Phi) is 2.86. The second-order valence-corrected chi connectivity index (χ2v) is 4.98. The Labute approximate surface area is 116 Å². The topological polar surface area (TPSA) is 58.3 Å². The molecule has 0 radical (unpaired) electrons. The fraction of sp³-hybridized carbons (Fsp3) is 0.188. The van der Waals surface area contributed by atoms with Crippen molar-refractivity contribution in [3.8, 4) is 11.5 Å². The molecule has 2 aromatic carbocycles. The van der Waals surface area contributed by atoms with Gasteiger partial charge in [-0.15, -0.1) is 0 Å². The zero-order valence-electron chi connectivity index (χ0n) is 11.4. The summed E-state index contributed by atoms with van der Waals surface area (Å²) in [4.78, 5) is 4.64. The van der Waals surface area contributed by atoms with Crippen molar-refractivity contribution in [3.05, 3.63) is 53.9 Å². The number of aromatic hydroxyl groups is 2. The maximum atomic E-state index is 9.99. The summed E-state index contributed by atoms with van der Waals surface area (Å²) in [6.07, 6.45) is 0. The number of aryl methyl sites for hydroxylation is 1. The Bertz CT molecular complexity index is 777. The number of hydrogen-bond donors (Lipinski definition) is 2. The van der Waals surface area contributed by atoms with E-state index < -0.39 is 0 Å². The highest BCUT2D eigenvalue weighted by Gasteiger charge is 2.19. The number of benzene rings is 2. The predicted octanol–water partition coefficient (Wildman–Crippen LogP) is 3.14. The molecule has 0 amide bonds. The third-order valence-electron chi connectivity index (χ3n) is 3.69. The van der Waals surface area contributed by atoms with E-state index in [1.807, 2.05) is 42.8 Å². The first kappa shape index (κ1) is 12.5. The first-order valence-electron chi connectivity index (χ1n) is 6.51. The van der Waals surface area contributed by atoms with Gasteiger partial charge in [-0.25, -0.2) is 4.98 Å². The van der Waals surface area contributed by atoms with E-state index >= 15 is 0 Å². The Hall–Kier alpha value is -2.49. The smallest absolute Gasteiger partial charge is 0.123 e. The molecular formula is C16H16N2O2. The van der Waals surface area contributed by atoms with Crippen molar-refractivity contribution >= 4 is 11.0 Å². The predicted molar refractivity (Wildman–Crippen MR) is 78.0 cm³/mol. The van der Waals surface area contributed by atoms with Gasteiger partial charge in [0.1, 0.15) is 17.3 Å². The van der Waals surface area contributed by atoms with Crippen molar-refractivity contribution < 1.29 is 10.2 Å². The third kappa shape index (κ3) is 1.90. The number of rotatable bonds is 2. The quantitative estimate of drug-likeness (QED) is 0.750. The standard InChI is InChI=1S/C16H16N2O2/c1-10(12-8-7-11(19)9-15(12)20)16-17-13-5-3-4-6-14(13)18(16)2/h3-10,19-20H,1-2H3. The van der Waals surface area contributed by atoms with Crippen LogP contribution in [0.2, 0.25) is 0 Å². The summed E-state index contributed by atoms with van der Waals surface area (Å²) in [5.74, 6) is 0.966. The van der Waals surface area contributed by atoms with Gasteiger partial charge >= 0.3 is 0 Å². The van der Waals surface area contributed by atoms with Crippen LogP contribution in [-0.2, 0) is 7.05 Å². The molecule has 0 spiro atoms. The van der Waals surface area contributed by atoms with Crippen molar-refractivity contribution in [1.82, 2.24) is 9.55 Å². The molecule has 0 aliphatic rings. The summed E-state index contributed by atoms with van der Waals surface area (Å²) in [6, 6.07) is 12.6. The first-order valence-corrected chi connectivity index (χ1v) is 6.51. The van der Waals surface area contributed by atoms with E-state index in [1.54, 1.807) is 12.1 Å². The maximum absolute atomic E-state index is 9.99. The van der Waals surface area contributed by atoms with Crippen LogP contribution in [0.4, 0.5) is 0 Å². The Balaban J connectivity index is 2.12. The largest absolute Gasteiger partial charge is 0.508 e. The van der Waals surface area contributed by atoms with Crippen LogP contribution in [0.25, 0.3) is 11.0 Å². The normalized spacial score (nSPS) is 12.7. The van der Waals surface area contributed by atoms with Crippen LogP contribution in [0.1, 0.15) is 24.2 Å². The van der Waals surface area contributed by atoms with Crippen molar-refractivity contribution in [2.45, 2.75) is 12.8 Å². The Morgan fingerprint density at radius 2 is 1.85 bits per heavy atom. The van der Waals surface area contributed by atoms with Crippen molar-refractivity contribution in [1.29, 1.82) is 0 Å². The van der Waals surface area contributed by atoms with Crippen LogP contribution in [0.5, 0.6) is 11.5 Å². The summed E-state index contributed by atoms with van der Waals surface area (Å²) < 4.78 is 2.03. The summed E-state index contributed by atoms with van der Waals surface area (Å²) in [6.45, 7) is 1.99. The summed E-state index contributed by atoms with van der Waals surface area (Å²) in [5.41, 5.74) is 2.75. The molecule has 20 heavy (non-hydrogen) atoms. The third-order valence-corrected chi connectivity index (χ3v) is 3.69. The molecule has 0 saturated carbocycles. The van der Waals surface area contributed by atoms with Crippen LogP contribution >= 0.6 is 0 Å². The molecule has 0 aliphatic heterocycles. The Morgan fingerprint density at radius 3 is 2.55 bits per heavy atom. The van der Waals surface area contributed by atoms with E-state index in [9.17, 15) is 10.2 Å². The molecule has 0 fully saturated rings. The minimum Gasteiger partial charge on any atom is -0.508 e. The van der Waals surface area contributed by atoms with Crippen LogP contribution in [-0.4, -0.2) is 19.8 Å². The molecule has 1 atom stereocenters. The van der Waals surface area contributed by atoms with E-state index in [-0.39, 0.29) is 17.4 Å². The molecule has 1 heterocycles. The number of hydrogen-bond acceptors (Lipinski definition) is 3. The van der Waals surface area contributed by atoms with E-state index in [4.69, 9.17) is 0 Å². The van der Waals surface area contributed by atoms with E-state index in [2.05, 4.69) is 4.98 Å². The van der Waals surface area contributed by atoms with Crippen LogP contribution in [0.15, 0.2) is 42.5 Å². The number of aromatic nitrogens is 2.